The summed E-state index contributed by atoms with van der Waals surface area (Å²) < 4.78 is 24.9. The maximum absolute atomic E-state index is 6.33. The van der Waals surface area contributed by atoms with Crippen molar-refractivity contribution in [1.29, 1.82) is 0 Å². The van der Waals surface area contributed by atoms with E-state index in [2.05, 4.69) is 45.6 Å². The van der Waals surface area contributed by atoms with Crippen LogP contribution in [0.4, 0.5) is 5.69 Å². The molecule has 1 saturated heterocycles. The first-order valence-electron chi connectivity index (χ1n) is 11.6. The second kappa shape index (κ2) is 11.9. The van der Waals surface area contributed by atoms with Crippen molar-refractivity contribution in [2.24, 2.45) is 0 Å². The SMILES string of the molecule is CC1(C)Cc2cc(Br)cc(OCCCN3CCN(c4cc(Cl)cc5c4OCCO5)CC3)c2O1.Cl.Cl. The van der Waals surface area contributed by atoms with Crippen molar-refractivity contribution in [3.63, 3.8) is 0 Å². The molecule has 2 aromatic rings. The van der Waals surface area contributed by atoms with Crippen molar-refractivity contribution in [2.75, 3.05) is 57.4 Å². The van der Waals surface area contributed by atoms with Gasteiger partial charge in [-0.25, -0.2) is 0 Å². The third kappa shape index (κ3) is 6.55. The summed E-state index contributed by atoms with van der Waals surface area (Å²) in [5.41, 5.74) is 2.06. The van der Waals surface area contributed by atoms with Gasteiger partial charge < -0.3 is 23.8 Å². The molecule has 6 nitrogen and oxygen atoms in total. The molecule has 1 fully saturated rings. The minimum atomic E-state index is -0.180. The highest BCUT2D eigenvalue weighted by atomic mass is 79.9. The Morgan fingerprint density at radius 1 is 1.00 bits per heavy atom. The number of fused-ring (bicyclic) bond motifs is 2. The third-order valence-corrected chi connectivity index (χ3v) is 6.94. The zero-order valence-electron chi connectivity index (χ0n) is 20.0. The molecule has 0 aromatic heterocycles. The number of halogens is 4. The van der Waals surface area contributed by atoms with Crippen LogP contribution in [0.1, 0.15) is 25.8 Å². The van der Waals surface area contributed by atoms with Gasteiger partial charge in [-0.15, -0.1) is 24.8 Å². The van der Waals surface area contributed by atoms with Gasteiger partial charge in [0, 0.05) is 60.3 Å². The number of anilines is 1. The van der Waals surface area contributed by atoms with Gasteiger partial charge in [0.15, 0.2) is 23.0 Å². The minimum Gasteiger partial charge on any atom is -0.490 e. The van der Waals surface area contributed by atoms with Gasteiger partial charge in [0.25, 0.3) is 0 Å². The summed E-state index contributed by atoms with van der Waals surface area (Å²) >= 11 is 9.93. The van der Waals surface area contributed by atoms with Crippen molar-refractivity contribution >= 4 is 58.0 Å². The Morgan fingerprint density at radius 3 is 2.51 bits per heavy atom. The van der Waals surface area contributed by atoms with Crippen molar-refractivity contribution < 1.29 is 18.9 Å². The lowest BCUT2D eigenvalue weighted by Gasteiger charge is -2.37. The average molecular weight is 611 g/mol. The lowest BCUT2D eigenvalue weighted by Crippen LogP contribution is -2.47. The summed E-state index contributed by atoms with van der Waals surface area (Å²) in [5, 5.41) is 0.681. The van der Waals surface area contributed by atoms with Crippen LogP contribution in [0.5, 0.6) is 23.0 Å². The molecular formula is C25H32BrCl3N2O4. The Labute approximate surface area is 233 Å². The Balaban J connectivity index is 0.00000171. The van der Waals surface area contributed by atoms with E-state index in [-0.39, 0.29) is 30.4 Å². The van der Waals surface area contributed by atoms with Gasteiger partial charge in [0.1, 0.15) is 18.8 Å². The second-order valence-electron chi connectivity index (χ2n) is 9.41. The quantitative estimate of drug-likeness (QED) is 0.373. The normalized spacial score (nSPS) is 18.1. The Bertz CT molecular complexity index is 1030. The summed E-state index contributed by atoms with van der Waals surface area (Å²) in [7, 11) is 0. The summed E-state index contributed by atoms with van der Waals surface area (Å²) in [6.45, 7) is 10.9. The van der Waals surface area contributed by atoms with Crippen LogP contribution in [-0.2, 0) is 6.42 Å². The van der Waals surface area contributed by atoms with Crippen molar-refractivity contribution in [1.82, 2.24) is 4.90 Å². The molecule has 194 valence electrons. The number of hydrogen-bond acceptors (Lipinski definition) is 6. The molecule has 0 aliphatic carbocycles. The highest BCUT2D eigenvalue weighted by molar-refractivity contribution is 9.10. The number of piperazine rings is 1. The van der Waals surface area contributed by atoms with E-state index in [1.807, 2.05) is 18.2 Å². The van der Waals surface area contributed by atoms with Crippen LogP contribution in [0, 0.1) is 0 Å². The summed E-state index contributed by atoms with van der Waals surface area (Å²) in [6.07, 6.45) is 1.86. The number of ether oxygens (including phenoxy) is 4. The maximum atomic E-state index is 6.33. The Morgan fingerprint density at radius 2 is 1.74 bits per heavy atom. The Kier molecular flexibility index (Phi) is 9.60. The zero-order chi connectivity index (χ0) is 23.0. The fourth-order valence-electron chi connectivity index (χ4n) is 4.77. The molecule has 35 heavy (non-hydrogen) atoms. The molecule has 3 heterocycles. The standard InChI is InChI=1S/C25H30BrClN2O4.2ClH/c1-25(2)16-17-12-18(26)13-21(23(17)33-25)30-9-3-4-28-5-7-29(8-6-28)20-14-19(27)15-22-24(20)32-11-10-31-22;;/h12-15H,3-11,16H2,1-2H3;2*1H. The van der Waals surface area contributed by atoms with E-state index in [1.54, 1.807) is 0 Å². The predicted octanol–water partition coefficient (Wildman–Crippen LogP) is 6.02. The molecule has 0 spiro atoms. The maximum Gasteiger partial charge on any atom is 0.184 e. The van der Waals surface area contributed by atoms with E-state index in [0.29, 0.717) is 24.8 Å². The fraction of sp³-hybridized carbons (Fsp3) is 0.520. The highest BCUT2D eigenvalue weighted by Gasteiger charge is 2.33. The lowest BCUT2D eigenvalue weighted by atomic mass is 10.0. The molecule has 3 aliphatic rings. The van der Waals surface area contributed by atoms with Crippen LogP contribution in [0.15, 0.2) is 28.7 Å². The van der Waals surface area contributed by atoms with Crippen molar-refractivity contribution in [3.05, 3.63) is 39.3 Å². The number of nitrogens with zero attached hydrogens (tertiary/aromatic N) is 2. The van der Waals surface area contributed by atoms with Crippen molar-refractivity contribution in [3.8, 4) is 23.0 Å². The fourth-order valence-corrected chi connectivity index (χ4v) is 5.45. The summed E-state index contributed by atoms with van der Waals surface area (Å²) in [5.74, 6) is 3.30. The molecule has 10 heteroatoms. The molecule has 0 N–H and O–H groups in total. The van der Waals surface area contributed by atoms with Gasteiger partial charge in [-0.2, -0.15) is 0 Å². The molecule has 3 aliphatic heterocycles. The first-order chi connectivity index (χ1) is 15.9. The molecule has 0 bridgehead atoms. The van der Waals surface area contributed by atoms with Crippen LogP contribution in [0.25, 0.3) is 0 Å². The summed E-state index contributed by atoms with van der Waals surface area (Å²) in [6, 6.07) is 7.96. The molecule has 0 atom stereocenters. The highest BCUT2D eigenvalue weighted by Crippen LogP contribution is 2.44. The molecule has 2 aromatic carbocycles. The summed E-state index contributed by atoms with van der Waals surface area (Å²) in [4.78, 5) is 4.83. The van der Waals surface area contributed by atoms with E-state index in [4.69, 9.17) is 30.5 Å². The molecule has 0 saturated carbocycles. The van der Waals surface area contributed by atoms with E-state index in [9.17, 15) is 0 Å². The van der Waals surface area contributed by atoms with Gasteiger partial charge in [0.05, 0.1) is 12.3 Å². The zero-order valence-corrected chi connectivity index (χ0v) is 24.0. The molecular weight excluding hydrogens is 579 g/mol. The van der Waals surface area contributed by atoms with Gasteiger partial charge in [-0.05, 0) is 38.5 Å². The number of rotatable bonds is 6. The third-order valence-electron chi connectivity index (χ3n) is 6.27. The van der Waals surface area contributed by atoms with Gasteiger partial charge in [-0.3, -0.25) is 4.90 Å². The van der Waals surface area contributed by atoms with E-state index >= 15 is 0 Å². The average Bonchev–Trinajstić information content (AvgIpc) is 3.10. The second-order valence-corrected chi connectivity index (χ2v) is 10.8. The first-order valence-corrected chi connectivity index (χ1v) is 12.8. The lowest BCUT2D eigenvalue weighted by molar-refractivity contribution is 0.131. The van der Waals surface area contributed by atoms with E-state index in [0.717, 1.165) is 78.7 Å². The molecule has 5 rings (SSSR count). The largest absolute Gasteiger partial charge is 0.490 e. The van der Waals surface area contributed by atoms with Gasteiger partial charge in [0.2, 0.25) is 0 Å². The predicted molar refractivity (Wildman–Crippen MR) is 148 cm³/mol. The smallest absolute Gasteiger partial charge is 0.184 e. The van der Waals surface area contributed by atoms with Gasteiger partial charge >= 0.3 is 0 Å². The number of benzene rings is 2. The molecule has 0 amide bonds. The van der Waals surface area contributed by atoms with Crippen LogP contribution in [-0.4, -0.2) is 63.0 Å². The van der Waals surface area contributed by atoms with E-state index < -0.39 is 0 Å². The van der Waals surface area contributed by atoms with Crippen LogP contribution >= 0.6 is 52.3 Å². The number of hydrogen-bond donors (Lipinski definition) is 0. The molecule has 0 radical (unpaired) electrons. The molecule has 0 unspecified atom stereocenters. The van der Waals surface area contributed by atoms with E-state index in [1.165, 1.54) is 5.56 Å². The van der Waals surface area contributed by atoms with Crippen molar-refractivity contribution in [2.45, 2.75) is 32.3 Å². The van der Waals surface area contributed by atoms with Crippen LogP contribution in [0.3, 0.4) is 0 Å². The minimum absolute atomic E-state index is 0. The Hall–Kier alpha value is -1.25. The van der Waals surface area contributed by atoms with Gasteiger partial charge in [-0.1, -0.05) is 27.5 Å². The topological polar surface area (TPSA) is 43.4 Å². The first kappa shape index (κ1) is 28.3. The monoisotopic (exact) mass is 608 g/mol. The van der Waals surface area contributed by atoms with Crippen LogP contribution in [0.2, 0.25) is 5.02 Å². The van der Waals surface area contributed by atoms with Crippen LogP contribution < -0.4 is 23.8 Å².